The first kappa shape index (κ1) is 18.1. The van der Waals surface area contributed by atoms with Gasteiger partial charge in [0.2, 0.25) is 0 Å². The summed E-state index contributed by atoms with van der Waals surface area (Å²) >= 11 is 1.46. The number of aromatic hydroxyl groups is 1. The molecule has 0 aliphatic rings. The first-order chi connectivity index (χ1) is 12.6. The Morgan fingerprint density at radius 1 is 0.846 bits per heavy atom. The Hall–Kier alpha value is -2.72. The molecule has 0 radical (unpaired) electrons. The largest absolute Gasteiger partial charge is 0.508 e. The number of aryl methyl sites for hydroxylation is 1. The zero-order chi connectivity index (χ0) is 18.4. The number of amidine groups is 1. The number of hydrogen-bond donors (Lipinski definition) is 2. The topological polar surface area (TPSA) is 47.3 Å². The van der Waals surface area contributed by atoms with Gasteiger partial charge in [0.1, 0.15) is 5.75 Å². The van der Waals surface area contributed by atoms with Crippen LogP contribution in [0.4, 0.5) is 0 Å². The van der Waals surface area contributed by atoms with E-state index in [9.17, 15) is 5.11 Å². The van der Waals surface area contributed by atoms with E-state index in [2.05, 4.69) is 43.3 Å². The molecule has 132 valence electrons. The van der Waals surface area contributed by atoms with Gasteiger partial charge in [0.15, 0.2) is 5.17 Å². The summed E-state index contributed by atoms with van der Waals surface area (Å²) in [6.07, 6.45) is 0. The van der Waals surface area contributed by atoms with Crippen molar-refractivity contribution in [1.29, 1.82) is 5.41 Å². The minimum absolute atomic E-state index is 0.257. The molecule has 0 aliphatic heterocycles. The van der Waals surface area contributed by atoms with Gasteiger partial charge in [0.05, 0.1) is 0 Å². The van der Waals surface area contributed by atoms with Crippen LogP contribution < -0.4 is 0 Å². The van der Waals surface area contributed by atoms with Gasteiger partial charge in [-0.05, 0) is 42.3 Å². The quantitative estimate of drug-likeness (QED) is 0.361. The van der Waals surface area contributed by atoms with Gasteiger partial charge < -0.3 is 10.0 Å². The van der Waals surface area contributed by atoms with E-state index in [4.69, 9.17) is 5.41 Å². The van der Waals surface area contributed by atoms with Crippen LogP contribution in [0.5, 0.6) is 5.75 Å². The fraction of sp³-hybridized carbons (Fsp3) is 0.136. The SMILES string of the molecule is Cc1ccc(SC(=N)N(Cc2ccccc2)Cc2ccc(O)cc2)cc1. The second-order valence-corrected chi connectivity index (χ2v) is 7.29. The van der Waals surface area contributed by atoms with Gasteiger partial charge in [0.25, 0.3) is 0 Å². The number of rotatable bonds is 5. The van der Waals surface area contributed by atoms with Gasteiger partial charge in [-0.2, -0.15) is 0 Å². The molecule has 0 saturated heterocycles. The van der Waals surface area contributed by atoms with Crippen molar-refractivity contribution in [3.8, 4) is 5.75 Å². The molecule has 4 heteroatoms. The minimum atomic E-state index is 0.257. The van der Waals surface area contributed by atoms with Crippen molar-refractivity contribution in [2.75, 3.05) is 0 Å². The molecule has 0 aliphatic carbocycles. The third-order valence-electron chi connectivity index (χ3n) is 4.05. The zero-order valence-corrected chi connectivity index (χ0v) is 15.5. The van der Waals surface area contributed by atoms with E-state index in [1.807, 2.05) is 35.2 Å². The van der Waals surface area contributed by atoms with Gasteiger partial charge in [-0.3, -0.25) is 5.41 Å². The zero-order valence-electron chi connectivity index (χ0n) is 14.7. The predicted octanol–water partition coefficient (Wildman–Crippen LogP) is 5.43. The van der Waals surface area contributed by atoms with Crippen molar-refractivity contribution in [2.45, 2.75) is 24.9 Å². The Kier molecular flexibility index (Phi) is 5.97. The van der Waals surface area contributed by atoms with E-state index in [0.717, 1.165) is 10.5 Å². The molecule has 0 unspecified atom stereocenters. The smallest absolute Gasteiger partial charge is 0.161 e. The van der Waals surface area contributed by atoms with E-state index < -0.39 is 0 Å². The molecule has 3 aromatic carbocycles. The molecule has 26 heavy (non-hydrogen) atoms. The number of hydrogen-bond acceptors (Lipinski definition) is 3. The Bertz CT molecular complexity index is 846. The molecule has 0 amide bonds. The molecule has 0 fully saturated rings. The molecule has 3 nitrogen and oxygen atoms in total. The Morgan fingerprint density at radius 3 is 2.04 bits per heavy atom. The maximum absolute atomic E-state index is 9.49. The number of nitrogens with one attached hydrogen (secondary N) is 1. The van der Waals surface area contributed by atoms with Crippen LogP contribution in [0.1, 0.15) is 16.7 Å². The number of benzene rings is 3. The van der Waals surface area contributed by atoms with Crippen LogP contribution >= 0.6 is 11.8 Å². The van der Waals surface area contributed by atoms with E-state index in [1.165, 1.54) is 22.9 Å². The molecule has 0 saturated carbocycles. The Morgan fingerprint density at radius 2 is 1.42 bits per heavy atom. The molecule has 3 aromatic rings. The highest BCUT2D eigenvalue weighted by Crippen LogP contribution is 2.24. The number of nitrogens with zero attached hydrogens (tertiary/aromatic N) is 1. The van der Waals surface area contributed by atoms with Crippen molar-refractivity contribution >= 4 is 16.9 Å². The van der Waals surface area contributed by atoms with Gasteiger partial charge in [-0.25, -0.2) is 0 Å². The molecule has 0 atom stereocenters. The van der Waals surface area contributed by atoms with Crippen molar-refractivity contribution in [3.63, 3.8) is 0 Å². The second kappa shape index (κ2) is 8.59. The monoisotopic (exact) mass is 362 g/mol. The third kappa shape index (κ3) is 5.14. The van der Waals surface area contributed by atoms with Crippen LogP contribution in [0.2, 0.25) is 0 Å². The fourth-order valence-electron chi connectivity index (χ4n) is 2.61. The van der Waals surface area contributed by atoms with E-state index in [1.54, 1.807) is 12.1 Å². The normalized spacial score (nSPS) is 10.5. The van der Waals surface area contributed by atoms with E-state index in [0.29, 0.717) is 18.3 Å². The van der Waals surface area contributed by atoms with Crippen molar-refractivity contribution in [1.82, 2.24) is 4.90 Å². The summed E-state index contributed by atoms with van der Waals surface area (Å²) in [6.45, 7) is 3.35. The predicted molar refractivity (Wildman–Crippen MR) is 109 cm³/mol. The molecule has 0 bridgehead atoms. The Labute approximate surface area is 158 Å². The average molecular weight is 362 g/mol. The molecule has 0 spiro atoms. The van der Waals surface area contributed by atoms with Crippen LogP contribution in [-0.4, -0.2) is 15.2 Å². The summed E-state index contributed by atoms with van der Waals surface area (Å²) < 4.78 is 0. The lowest BCUT2D eigenvalue weighted by atomic mass is 10.2. The first-order valence-corrected chi connectivity index (χ1v) is 9.31. The molecular weight excluding hydrogens is 340 g/mol. The second-order valence-electron chi connectivity index (χ2n) is 6.23. The van der Waals surface area contributed by atoms with Gasteiger partial charge >= 0.3 is 0 Å². The maximum atomic E-state index is 9.49. The first-order valence-electron chi connectivity index (χ1n) is 8.50. The lowest BCUT2D eigenvalue weighted by Gasteiger charge is -2.25. The molecular formula is C22H22N2OS. The molecule has 2 N–H and O–H groups in total. The number of phenols is 1. The highest BCUT2D eigenvalue weighted by molar-refractivity contribution is 8.13. The van der Waals surface area contributed by atoms with Crippen LogP contribution in [0.25, 0.3) is 0 Å². The minimum Gasteiger partial charge on any atom is -0.508 e. The average Bonchev–Trinajstić information content (AvgIpc) is 2.65. The summed E-state index contributed by atoms with van der Waals surface area (Å²) in [6, 6.07) is 25.6. The van der Waals surface area contributed by atoms with Crippen molar-refractivity contribution in [3.05, 3.63) is 95.6 Å². The van der Waals surface area contributed by atoms with Gasteiger partial charge in [-0.15, -0.1) is 0 Å². The van der Waals surface area contributed by atoms with Crippen LogP contribution in [0.3, 0.4) is 0 Å². The third-order valence-corrected chi connectivity index (χ3v) is 5.01. The van der Waals surface area contributed by atoms with Gasteiger partial charge in [0, 0.05) is 18.0 Å². The summed E-state index contributed by atoms with van der Waals surface area (Å²) in [5, 5.41) is 18.6. The summed E-state index contributed by atoms with van der Waals surface area (Å²) in [5.41, 5.74) is 3.44. The highest BCUT2D eigenvalue weighted by atomic mass is 32.2. The molecule has 3 rings (SSSR count). The van der Waals surface area contributed by atoms with Crippen LogP contribution in [-0.2, 0) is 13.1 Å². The van der Waals surface area contributed by atoms with Crippen LogP contribution in [0, 0.1) is 12.3 Å². The lowest BCUT2D eigenvalue weighted by molar-refractivity contribution is 0.411. The van der Waals surface area contributed by atoms with Crippen LogP contribution in [0.15, 0.2) is 83.8 Å². The highest BCUT2D eigenvalue weighted by Gasteiger charge is 2.13. The fourth-order valence-corrected chi connectivity index (χ4v) is 3.36. The molecule has 0 heterocycles. The number of phenolic OH excluding ortho intramolecular Hbond substituents is 1. The molecule has 0 aromatic heterocycles. The van der Waals surface area contributed by atoms with E-state index in [-0.39, 0.29) is 5.75 Å². The summed E-state index contributed by atoms with van der Waals surface area (Å²) in [5.74, 6) is 0.257. The Balaban J connectivity index is 1.77. The summed E-state index contributed by atoms with van der Waals surface area (Å²) in [7, 11) is 0. The maximum Gasteiger partial charge on any atom is 0.161 e. The standard InChI is InChI=1S/C22H22N2OS/c1-17-7-13-21(14-8-17)26-22(23)24(15-18-5-3-2-4-6-18)16-19-9-11-20(25)12-10-19/h2-14,23,25H,15-16H2,1H3. The van der Waals surface area contributed by atoms with Crippen molar-refractivity contribution < 1.29 is 5.11 Å². The summed E-state index contributed by atoms with van der Waals surface area (Å²) in [4.78, 5) is 3.11. The lowest BCUT2D eigenvalue weighted by Crippen LogP contribution is -2.27. The van der Waals surface area contributed by atoms with Gasteiger partial charge in [-0.1, -0.05) is 71.9 Å². The number of thioether (sulfide) groups is 1. The van der Waals surface area contributed by atoms with E-state index >= 15 is 0 Å². The van der Waals surface area contributed by atoms with Crippen molar-refractivity contribution in [2.24, 2.45) is 0 Å².